The van der Waals surface area contributed by atoms with Crippen LogP contribution in [-0.4, -0.2) is 16.0 Å². The molecule has 0 saturated carbocycles. The molecule has 0 spiro atoms. The quantitative estimate of drug-likeness (QED) is 0.474. The molecule has 0 aliphatic carbocycles. The van der Waals surface area contributed by atoms with Crippen molar-refractivity contribution in [1.82, 2.24) is 10.1 Å². The summed E-state index contributed by atoms with van der Waals surface area (Å²) < 4.78 is 18.7. The van der Waals surface area contributed by atoms with Gasteiger partial charge in [-0.3, -0.25) is 9.69 Å². The zero-order valence-corrected chi connectivity index (χ0v) is 15.8. The maximum Gasteiger partial charge on any atom is 0.297 e. The lowest BCUT2D eigenvalue weighted by atomic mass is 10.1. The van der Waals surface area contributed by atoms with E-state index in [1.165, 1.54) is 28.4 Å². The van der Waals surface area contributed by atoms with Gasteiger partial charge >= 0.3 is 0 Å². The molecule has 0 aliphatic rings. The molecule has 0 fully saturated rings. The van der Waals surface area contributed by atoms with E-state index in [1.54, 1.807) is 18.2 Å². The lowest BCUT2D eigenvalue weighted by molar-refractivity contribution is 0.0949. The number of amides is 1. The van der Waals surface area contributed by atoms with Gasteiger partial charge in [0.2, 0.25) is 5.76 Å². The number of carbonyl (C=O) groups excluding carboxylic acids is 1. The average molecular weight is 393 g/mol. The summed E-state index contributed by atoms with van der Waals surface area (Å²) in [4.78, 5) is 19.1. The Kier molecular flexibility index (Phi) is 4.99. The highest BCUT2D eigenvalue weighted by Crippen LogP contribution is 2.24. The topological polar surface area (TPSA) is 59.2 Å². The largest absolute Gasteiger partial charge is 0.350 e. The Morgan fingerprint density at radius 2 is 1.89 bits per heavy atom. The van der Waals surface area contributed by atoms with E-state index in [0.29, 0.717) is 11.4 Å². The first-order valence-electron chi connectivity index (χ1n) is 8.61. The summed E-state index contributed by atoms with van der Waals surface area (Å²) in [5.74, 6) is -0.631. The minimum absolute atomic E-state index is 0.107. The molecule has 2 heterocycles. The number of rotatable bonds is 5. The molecular weight excluding hydrogens is 377 g/mol. The number of benzene rings is 2. The van der Waals surface area contributed by atoms with Crippen LogP contribution in [0.3, 0.4) is 0 Å². The molecule has 7 heteroatoms. The third kappa shape index (κ3) is 3.84. The fourth-order valence-corrected chi connectivity index (χ4v) is 3.40. The molecule has 4 aromatic rings. The Hall–Kier alpha value is -3.32. The van der Waals surface area contributed by atoms with Gasteiger partial charge < -0.3 is 4.52 Å². The van der Waals surface area contributed by atoms with Crippen molar-refractivity contribution in [3.8, 4) is 11.3 Å². The Morgan fingerprint density at radius 1 is 1.14 bits per heavy atom. The molecule has 0 bridgehead atoms. The third-order valence-electron chi connectivity index (χ3n) is 4.16. The second kappa shape index (κ2) is 7.74. The van der Waals surface area contributed by atoms with Gasteiger partial charge in [-0.25, -0.2) is 9.37 Å². The van der Waals surface area contributed by atoms with E-state index in [0.717, 1.165) is 16.3 Å². The van der Waals surface area contributed by atoms with E-state index in [2.05, 4.69) is 10.1 Å². The molecule has 4 rings (SSSR count). The third-order valence-corrected chi connectivity index (χ3v) is 4.98. The molecule has 5 nitrogen and oxygen atoms in total. The highest BCUT2D eigenvalue weighted by Gasteiger charge is 2.23. The van der Waals surface area contributed by atoms with Crippen molar-refractivity contribution in [2.24, 2.45) is 0 Å². The van der Waals surface area contributed by atoms with E-state index in [4.69, 9.17) is 4.52 Å². The second-order valence-corrected chi connectivity index (χ2v) is 7.23. The number of nitrogens with zero attached hydrogens (tertiary/aromatic N) is 3. The van der Waals surface area contributed by atoms with Gasteiger partial charge in [-0.2, -0.15) is 0 Å². The van der Waals surface area contributed by atoms with Gasteiger partial charge in [0.15, 0.2) is 0 Å². The second-order valence-electron chi connectivity index (χ2n) is 6.17. The van der Waals surface area contributed by atoms with Gasteiger partial charge in [-0.15, -0.1) is 11.3 Å². The average Bonchev–Trinajstić information content (AvgIpc) is 3.36. The van der Waals surface area contributed by atoms with Crippen molar-refractivity contribution >= 4 is 22.9 Å². The molecule has 2 aromatic heterocycles. The smallest absolute Gasteiger partial charge is 0.297 e. The molecule has 140 valence electrons. The molecular formula is C21H16FN3O2S. The van der Waals surface area contributed by atoms with Gasteiger partial charge in [0.05, 0.1) is 17.2 Å². The van der Waals surface area contributed by atoms with Crippen LogP contribution in [0.5, 0.6) is 0 Å². The van der Waals surface area contributed by atoms with Crippen LogP contribution in [0.25, 0.3) is 11.3 Å². The summed E-state index contributed by atoms with van der Waals surface area (Å²) in [6, 6.07) is 16.8. The Labute approximate surface area is 165 Å². The fraction of sp³-hybridized carbons (Fsp3) is 0.0952. The van der Waals surface area contributed by atoms with Crippen molar-refractivity contribution in [2.75, 3.05) is 4.90 Å². The molecule has 0 N–H and O–H groups in total. The lowest BCUT2D eigenvalue weighted by Crippen LogP contribution is -2.30. The van der Waals surface area contributed by atoms with Crippen LogP contribution in [0.2, 0.25) is 0 Å². The number of hydrogen-bond donors (Lipinski definition) is 0. The van der Waals surface area contributed by atoms with E-state index in [9.17, 15) is 9.18 Å². The fourth-order valence-electron chi connectivity index (χ4n) is 2.80. The van der Waals surface area contributed by atoms with Crippen LogP contribution in [-0.2, 0) is 6.54 Å². The first-order chi connectivity index (χ1) is 13.6. The predicted molar refractivity (Wildman–Crippen MR) is 106 cm³/mol. The zero-order chi connectivity index (χ0) is 19.5. The summed E-state index contributed by atoms with van der Waals surface area (Å²) in [6.07, 6.45) is 0. The SMILES string of the molecule is Cc1nc(CN(C(=O)c2cc(-c3ccccc3)no2)c2ccc(F)cc2)cs1. The molecule has 0 unspecified atom stereocenters. The van der Waals surface area contributed by atoms with Crippen LogP contribution in [0, 0.1) is 12.7 Å². The Balaban J connectivity index is 1.66. The predicted octanol–water partition coefficient (Wildman–Crippen LogP) is 5.09. The number of thiazole rings is 1. The van der Waals surface area contributed by atoms with Gasteiger partial charge in [0, 0.05) is 22.7 Å². The molecule has 0 aliphatic heterocycles. The van der Waals surface area contributed by atoms with Gasteiger partial charge in [0.1, 0.15) is 11.5 Å². The van der Waals surface area contributed by atoms with E-state index >= 15 is 0 Å². The van der Waals surface area contributed by atoms with Crippen LogP contribution in [0.15, 0.2) is 70.6 Å². The van der Waals surface area contributed by atoms with Crippen LogP contribution < -0.4 is 4.90 Å². The number of aryl methyl sites for hydroxylation is 1. The number of halogens is 1. The normalized spacial score (nSPS) is 10.8. The lowest BCUT2D eigenvalue weighted by Gasteiger charge is -2.20. The van der Waals surface area contributed by atoms with Gasteiger partial charge in [0.25, 0.3) is 5.91 Å². The highest BCUT2D eigenvalue weighted by molar-refractivity contribution is 7.09. The first kappa shape index (κ1) is 18.1. The van der Waals surface area contributed by atoms with Crippen LogP contribution >= 0.6 is 11.3 Å². The van der Waals surface area contributed by atoms with Crippen LogP contribution in [0.4, 0.5) is 10.1 Å². The highest BCUT2D eigenvalue weighted by atomic mass is 32.1. The molecule has 0 saturated heterocycles. The molecule has 0 radical (unpaired) electrons. The van der Waals surface area contributed by atoms with E-state index in [-0.39, 0.29) is 24.0 Å². The molecule has 1 amide bonds. The van der Waals surface area contributed by atoms with E-state index < -0.39 is 0 Å². The van der Waals surface area contributed by atoms with Crippen molar-refractivity contribution < 1.29 is 13.7 Å². The van der Waals surface area contributed by atoms with Crippen molar-refractivity contribution in [3.63, 3.8) is 0 Å². The van der Waals surface area contributed by atoms with Gasteiger partial charge in [-0.1, -0.05) is 35.5 Å². The van der Waals surface area contributed by atoms with Crippen molar-refractivity contribution in [3.05, 3.63) is 88.3 Å². The summed E-state index contributed by atoms with van der Waals surface area (Å²) in [6.45, 7) is 2.15. The minimum atomic E-state index is -0.369. The zero-order valence-electron chi connectivity index (χ0n) is 15.0. The Bertz CT molecular complexity index is 1090. The summed E-state index contributed by atoms with van der Waals surface area (Å²) in [5.41, 5.74) is 2.74. The molecule has 28 heavy (non-hydrogen) atoms. The molecule has 0 atom stereocenters. The molecule has 2 aromatic carbocycles. The summed E-state index contributed by atoms with van der Waals surface area (Å²) in [7, 11) is 0. The number of hydrogen-bond acceptors (Lipinski definition) is 5. The number of anilines is 1. The maximum atomic E-state index is 13.4. The summed E-state index contributed by atoms with van der Waals surface area (Å²) >= 11 is 1.51. The monoisotopic (exact) mass is 393 g/mol. The number of aromatic nitrogens is 2. The van der Waals surface area contributed by atoms with Crippen molar-refractivity contribution in [1.29, 1.82) is 0 Å². The number of carbonyl (C=O) groups is 1. The standard InChI is InChI=1S/C21H16FN3O2S/c1-14-23-17(13-28-14)12-25(18-9-7-16(22)8-10-18)21(26)20-11-19(24-27-20)15-5-3-2-4-6-15/h2-11,13H,12H2,1H3. The van der Waals surface area contributed by atoms with Crippen molar-refractivity contribution in [2.45, 2.75) is 13.5 Å². The first-order valence-corrected chi connectivity index (χ1v) is 9.49. The maximum absolute atomic E-state index is 13.4. The van der Waals surface area contributed by atoms with E-state index in [1.807, 2.05) is 42.6 Å². The van der Waals surface area contributed by atoms with Gasteiger partial charge in [-0.05, 0) is 31.2 Å². The minimum Gasteiger partial charge on any atom is -0.350 e. The summed E-state index contributed by atoms with van der Waals surface area (Å²) in [5, 5.41) is 6.82. The van der Waals surface area contributed by atoms with Crippen LogP contribution in [0.1, 0.15) is 21.3 Å². The Morgan fingerprint density at radius 3 is 2.57 bits per heavy atom.